The van der Waals surface area contributed by atoms with E-state index in [0.717, 1.165) is 63.3 Å². The van der Waals surface area contributed by atoms with Gasteiger partial charge in [0.15, 0.2) is 22.6 Å². The highest BCUT2D eigenvalue weighted by Crippen LogP contribution is 2.51. The number of hydrogen-bond acceptors (Lipinski definition) is 10. The number of esters is 1. The lowest BCUT2D eigenvalue weighted by atomic mass is 9.72. The topological polar surface area (TPSA) is 227 Å². The first kappa shape index (κ1) is 43.0. The van der Waals surface area contributed by atoms with Crippen molar-refractivity contribution in [3.63, 3.8) is 0 Å². The lowest BCUT2D eigenvalue weighted by Crippen LogP contribution is -2.75. The second kappa shape index (κ2) is 18.9. The van der Waals surface area contributed by atoms with Gasteiger partial charge in [0, 0.05) is 47.2 Å². The fourth-order valence-electron chi connectivity index (χ4n) is 8.38. The van der Waals surface area contributed by atoms with E-state index >= 15 is 0 Å². The van der Waals surface area contributed by atoms with Crippen molar-refractivity contribution in [3.8, 4) is 11.5 Å². The number of hydrogen-bond donors (Lipinski definition) is 6. The van der Waals surface area contributed by atoms with Crippen molar-refractivity contribution in [1.82, 2.24) is 10.6 Å². The number of anilines is 2. The van der Waals surface area contributed by atoms with Crippen LogP contribution in [0.5, 0.6) is 11.5 Å². The van der Waals surface area contributed by atoms with E-state index in [4.69, 9.17) is 9.47 Å². The quantitative estimate of drug-likeness (QED) is 0.0711. The van der Waals surface area contributed by atoms with Crippen LogP contribution in [0.1, 0.15) is 103 Å². The highest BCUT2D eigenvalue weighted by Gasteiger charge is 2.70. The van der Waals surface area contributed by atoms with Crippen molar-refractivity contribution in [2.45, 2.75) is 88.1 Å². The van der Waals surface area contributed by atoms with Gasteiger partial charge in [0.25, 0.3) is 5.91 Å². The highest BCUT2D eigenvalue weighted by molar-refractivity contribution is 6.03. The molecule has 0 radical (unpaired) electrons. The summed E-state index contributed by atoms with van der Waals surface area (Å²) in [5.74, 6) is -5.00. The van der Waals surface area contributed by atoms with Gasteiger partial charge < -0.3 is 41.0 Å². The van der Waals surface area contributed by atoms with Crippen molar-refractivity contribution < 1.29 is 53.2 Å². The van der Waals surface area contributed by atoms with Crippen LogP contribution in [0.3, 0.4) is 0 Å². The number of carbonyl (C=O) groups is 7. The Morgan fingerprint density at radius 1 is 0.724 bits per heavy atom. The molecule has 3 aliphatic carbocycles. The Kier molecular flexibility index (Phi) is 14.0. The number of methoxy groups -OCH3 is 1. The first-order valence-electron chi connectivity index (χ1n) is 19.4. The molecule has 6 rings (SSSR count). The van der Waals surface area contributed by atoms with Crippen molar-refractivity contribution >= 4 is 53.3 Å². The number of rotatable bonds is 13. The summed E-state index contributed by atoms with van der Waals surface area (Å²) in [7, 11) is 2.69. The summed E-state index contributed by atoms with van der Waals surface area (Å²) < 4.78 is 10.5. The molecule has 0 aliphatic heterocycles. The minimum absolute atomic E-state index is 0.0462. The molecule has 0 bridgehead atoms. The predicted molar refractivity (Wildman–Crippen MR) is 213 cm³/mol. The summed E-state index contributed by atoms with van der Waals surface area (Å²) in [6.45, 7) is 1.22. The molecule has 58 heavy (non-hydrogen) atoms. The molecule has 3 aliphatic rings. The van der Waals surface area contributed by atoms with Gasteiger partial charge in [-0.05, 0) is 112 Å². The summed E-state index contributed by atoms with van der Waals surface area (Å²) >= 11 is 0. The zero-order valence-corrected chi connectivity index (χ0v) is 32.8. The number of nitrogens with one attached hydrogen (secondary N) is 4. The molecule has 3 aromatic rings. The maximum Gasteiger partial charge on any atom is 0.332 e. The summed E-state index contributed by atoms with van der Waals surface area (Å²) in [6.07, 6.45) is 8.76. The van der Waals surface area contributed by atoms with Gasteiger partial charge in [0.05, 0.1) is 7.11 Å². The second-order valence-corrected chi connectivity index (χ2v) is 14.9. The maximum atomic E-state index is 13.6. The van der Waals surface area contributed by atoms with E-state index in [1.54, 1.807) is 36.4 Å². The molecule has 3 aromatic carbocycles. The minimum atomic E-state index is -2.34. The summed E-state index contributed by atoms with van der Waals surface area (Å²) in [5, 5.41) is 32.0. The maximum absolute atomic E-state index is 13.6. The van der Waals surface area contributed by atoms with Crippen molar-refractivity contribution in [3.05, 3.63) is 83.4 Å². The molecule has 0 aromatic heterocycles. The fraction of sp³-hybridized carbons (Fsp3) is 0.419. The Balaban J connectivity index is 0.000000332. The summed E-state index contributed by atoms with van der Waals surface area (Å²) in [4.78, 5) is 85.7. The molecule has 0 saturated heterocycles. The van der Waals surface area contributed by atoms with E-state index in [9.17, 15) is 43.8 Å². The van der Waals surface area contributed by atoms with Gasteiger partial charge in [-0.3, -0.25) is 28.8 Å². The molecule has 3 fully saturated rings. The third-order valence-electron chi connectivity index (χ3n) is 11.5. The normalized spacial score (nSPS) is 21.5. The predicted octanol–water partition coefficient (Wildman–Crippen LogP) is 5.55. The lowest BCUT2D eigenvalue weighted by Gasteiger charge is -2.43. The van der Waals surface area contributed by atoms with Gasteiger partial charge in [-0.2, -0.15) is 0 Å². The van der Waals surface area contributed by atoms with Crippen LogP contribution in [0.4, 0.5) is 11.4 Å². The molecule has 308 valence electrons. The van der Waals surface area contributed by atoms with Crippen LogP contribution in [0.2, 0.25) is 0 Å². The molecule has 3 saturated carbocycles. The van der Waals surface area contributed by atoms with Crippen molar-refractivity contribution in [2.75, 3.05) is 24.8 Å². The van der Waals surface area contributed by atoms with E-state index < -0.39 is 40.8 Å². The van der Waals surface area contributed by atoms with E-state index in [1.807, 2.05) is 0 Å². The SMILES string of the molecule is CNC1(C(=O)O)CCC(c2ccc(OC(C)=O)c(OC)c2)C1(NC(=O)c1ccc(NC(=O)C2CCCC2)cc1)C(=O)O.O=Cc1ccc(NC(=O)C2CCCC2)cc1. The average molecular weight is 799 g/mol. The molecule has 3 atom stereocenters. The number of likely N-dealkylation sites (N-methyl/N-ethyl adjacent to an activating group) is 1. The lowest BCUT2D eigenvalue weighted by molar-refractivity contribution is -0.159. The van der Waals surface area contributed by atoms with Crippen LogP contribution >= 0.6 is 0 Å². The number of aliphatic carboxylic acids is 2. The second-order valence-electron chi connectivity index (χ2n) is 14.9. The van der Waals surface area contributed by atoms with Gasteiger partial charge >= 0.3 is 17.9 Å². The number of benzene rings is 3. The van der Waals surface area contributed by atoms with Crippen LogP contribution in [0.15, 0.2) is 66.7 Å². The Bertz CT molecular complexity index is 2010. The van der Waals surface area contributed by atoms with Crippen LogP contribution in [0.25, 0.3) is 0 Å². The Morgan fingerprint density at radius 2 is 1.26 bits per heavy atom. The molecule has 15 nitrogen and oxygen atoms in total. The third-order valence-corrected chi connectivity index (χ3v) is 11.5. The number of carbonyl (C=O) groups excluding carboxylic acids is 5. The highest BCUT2D eigenvalue weighted by atomic mass is 16.6. The summed E-state index contributed by atoms with van der Waals surface area (Å²) in [5.41, 5.74) is -2.08. The van der Waals surface area contributed by atoms with Gasteiger partial charge in [0.2, 0.25) is 11.8 Å². The Labute approximate surface area is 336 Å². The Hall–Kier alpha value is -6.09. The van der Waals surface area contributed by atoms with E-state index in [1.165, 1.54) is 51.4 Å². The minimum Gasteiger partial charge on any atom is -0.493 e. The molecule has 15 heteroatoms. The molecule has 3 amide bonds. The molecule has 3 unspecified atom stereocenters. The molecule has 6 N–H and O–H groups in total. The average Bonchev–Trinajstić information content (AvgIpc) is 4.01. The zero-order valence-electron chi connectivity index (χ0n) is 32.8. The summed E-state index contributed by atoms with van der Waals surface area (Å²) in [6, 6.07) is 17.3. The molecule has 0 heterocycles. The van der Waals surface area contributed by atoms with E-state index in [0.29, 0.717) is 16.8 Å². The molecular weight excluding hydrogens is 748 g/mol. The van der Waals surface area contributed by atoms with Gasteiger partial charge in [-0.15, -0.1) is 0 Å². The zero-order chi connectivity index (χ0) is 42.0. The van der Waals surface area contributed by atoms with Crippen molar-refractivity contribution in [2.24, 2.45) is 11.8 Å². The number of carboxylic acid groups (broad SMARTS) is 2. The third kappa shape index (κ3) is 9.20. The molecular formula is C43H50N4O11. The number of ether oxygens (including phenoxy) is 2. The van der Waals surface area contributed by atoms with Crippen LogP contribution in [0, 0.1) is 11.8 Å². The van der Waals surface area contributed by atoms with Gasteiger partial charge in [-0.1, -0.05) is 31.7 Å². The molecule has 0 spiro atoms. The standard InChI is InChI=1S/C30H35N3O9.C13H15NO2/c1-17(34)42-23-13-10-20(16-24(23)41-3)22-14-15-29(31-2,27(37)38)30(22,28(39)40)33-26(36)19-8-11-21(12-9-19)32-25(35)18-6-4-5-7-18;15-9-10-5-7-12(8-6-10)14-13(16)11-3-1-2-4-11/h8-13,16,18,22,31H,4-7,14-15H2,1-3H3,(H,32,35)(H,33,36)(H,37,38)(H,39,40);5-9,11H,1-4H2,(H,14,16). The van der Waals surface area contributed by atoms with Crippen LogP contribution < -0.4 is 30.7 Å². The first-order valence-corrected chi connectivity index (χ1v) is 19.4. The van der Waals surface area contributed by atoms with Crippen LogP contribution in [-0.2, 0) is 24.0 Å². The number of amides is 3. The first-order chi connectivity index (χ1) is 27.8. The van der Waals surface area contributed by atoms with E-state index in [-0.39, 0.29) is 53.6 Å². The van der Waals surface area contributed by atoms with Crippen LogP contribution in [-0.4, -0.2) is 77.4 Å². The largest absolute Gasteiger partial charge is 0.493 e. The monoisotopic (exact) mass is 798 g/mol. The number of carboxylic acids is 2. The smallest absolute Gasteiger partial charge is 0.332 e. The van der Waals surface area contributed by atoms with Gasteiger partial charge in [0.1, 0.15) is 6.29 Å². The fourth-order valence-corrected chi connectivity index (χ4v) is 8.38. The van der Waals surface area contributed by atoms with E-state index in [2.05, 4.69) is 21.3 Å². The van der Waals surface area contributed by atoms with Gasteiger partial charge in [-0.25, -0.2) is 4.79 Å². The van der Waals surface area contributed by atoms with Crippen molar-refractivity contribution in [1.29, 1.82) is 0 Å². The number of aldehydes is 1. The Morgan fingerprint density at radius 3 is 1.71 bits per heavy atom.